The van der Waals surface area contributed by atoms with Gasteiger partial charge in [0, 0.05) is 22.7 Å². The summed E-state index contributed by atoms with van der Waals surface area (Å²) in [6.07, 6.45) is 0. The van der Waals surface area contributed by atoms with Crippen molar-refractivity contribution in [2.45, 2.75) is 25.5 Å². The summed E-state index contributed by atoms with van der Waals surface area (Å²) in [5.41, 5.74) is 2.07. The molecule has 7 heteroatoms. The van der Waals surface area contributed by atoms with Crippen LogP contribution < -0.4 is 5.32 Å². The van der Waals surface area contributed by atoms with E-state index in [2.05, 4.69) is 10.3 Å². The highest BCUT2D eigenvalue weighted by Crippen LogP contribution is 2.21. The van der Waals surface area contributed by atoms with E-state index >= 15 is 0 Å². The fourth-order valence-corrected chi connectivity index (χ4v) is 3.35. The molecular weight excluding hydrogens is 332 g/mol. The van der Waals surface area contributed by atoms with Crippen LogP contribution in [0.15, 0.2) is 29.6 Å². The topological polar surface area (TPSA) is 79.3 Å². The number of hydrogen-bond donors (Lipinski definition) is 2. The number of thioether (sulfide) groups is 1. The Hall–Kier alpha value is -1.86. The first-order chi connectivity index (χ1) is 11.0. The highest BCUT2D eigenvalue weighted by atomic mass is 32.2. The molecule has 0 atom stereocenters. The number of aromatic nitrogens is 1. The Labute approximate surface area is 143 Å². The molecule has 2 rings (SSSR count). The quantitative estimate of drug-likeness (QED) is 0.793. The number of carboxylic acids is 1. The van der Waals surface area contributed by atoms with Crippen LogP contribution in [0.2, 0.25) is 0 Å². The zero-order valence-electron chi connectivity index (χ0n) is 12.9. The van der Waals surface area contributed by atoms with Crippen LogP contribution in [0.3, 0.4) is 0 Å². The Morgan fingerprint density at radius 2 is 2.17 bits per heavy atom. The van der Waals surface area contributed by atoms with Crippen LogP contribution in [0, 0.1) is 0 Å². The van der Waals surface area contributed by atoms with Crippen molar-refractivity contribution in [3.8, 4) is 0 Å². The fourth-order valence-electron chi connectivity index (χ4n) is 1.85. The van der Waals surface area contributed by atoms with Crippen molar-refractivity contribution in [2.75, 3.05) is 11.1 Å². The Morgan fingerprint density at radius 1 is 1.39 bits per heavy atom. The molecule has 5 nitrogen and oxygen atoms in total. The molecule has 0 saturated heterocycles. The number of aliphatic carboxylic acids is 1. The van der Waals surface area contributed by atoms with Gasteiger partial charge in [-0.05, 0) is 17.7 Å². The molecule has 1 heterocycles. The molecular formula is C16H18N2O3S2. The van der Waals surface area contributed by atoms with Crippen LogP contribution in [-0.2, 0) is 10.5 Å². The average Bonchev–Trinajstić information content (AvgIpc) is 2.97. The van der Waals surface area contributed by atoms with Crippen LogP contribution in [0.4, 0.5) is 5.69 Å². The molecule has 2 aromatic rings. The third-order valence-electron chi connectivity index (χ3n) is 2.93. The molecule has 0 unspecified atom stereocenters. The van der Waals surface area contributed by atoms with E-state index in [0.717, 1.165) is 10.6 Å². The van der Waals surface area contributed by atoms with Gasteiger partial charge in [0.1, 0.15) is 5.69 Å². The molecule has 1 amide bonds. The number of benzene rings is 1. The molecule has 122 valence electrons. The molecule has 23 heavy (non-hydrogen) atoms. The maximum absolute atomic E-state index is 12.2. The normalized spacial score (nSPS) is 10.7. The van der Waals surface area contributed by atoms with Gasteiger partial charge < -0.3 is 10.4 Å². The number of carboxylic acid groups (broad SMARTS) is 1. The number of hydrogen-bond acceptors (Lipinski definition) is 5. The lowest BCUT2D eigenvalue weighted by Crippen LogP contribution is -2.12. The second-order valence-corrected chi connectivity index (χ2v) is 7.14. The largest absolute Gasteiger partial charge is 0.481 e. The SMILES string of the molecule is CC(C)c1nc(C(=O)Nc2cccc(CSCC(=O)O)c2)cs1. The number of thiazole rings is 1. The number of anilines is 1. The maximum atomic E-state index is 12.2. The molecule has 0 aliphatic rings. The van der Waals surface area contributed by atoms with Gasteiger partial charge in [0.25, 0.3) is 5.91 Å². The smallest absolute Gasteiger partial charge is 0.313 e. The number of carbonyl (C=O) groups excluding carboxylic acids is 1. The molecule has 0 fully saturated rings. The number of amides is 1. The van der Waals surface area contributed by atoms with Gasteiger partial charge in [-0.25, -0.2) is 4.98 Å². The van der Waals surface area contributed by atoms with Crippen LogP contribution in [-0.4, -0.2) is 27.7 Å². The lowest BCUT2D eigenvalue weighted by atomic mass is 10.2. The summed E-state index contributed by atoms with van der Waals surface area (Å²) < 4.78 is 0. The van der Waals surface area contributed by atoms with Crippen molar-refractivity contribution < 1.29 is 14.7 Å². The molecule has 0 aliphatic heterocycles. The fraction of sp³-hybridized carbons (Fsp3) is 0.312. The zero-order valence-corrected chi connectivity index (χ0v) is 14.5. The highest BCUT2D eigenvalue weighted by Gasteiger charge is 2.13. The average molecular weight is 350 g/mol. The summed E-state index contributed by atoms with van der Waals surface area (Å²) in [7, 11) is 0. The van der Waals surface area contributed by atoms with Gasteiger partial charge in [-0.2, -0.15) is 0 Å². The summed E-state index contributed by atoms with van der Waals surface area (Å²) in [6.45, 7) is 4.08. The Kier molecular flexibility index (Phi) is 6.18. The second-order valence-electron chi connectivity index (χ2n) is 5.27. The number of nitrogens with zero attached hydrogens (tertiary/aromatic N) is 1. The van der Waals surface area contributed by atoms with Crippen LogP contribution in [0.1, 0.15) is 40.8 Å². The number of carbonyl (C=O) groups is 2. The van der Waals surface area contributed by atoms with Crippen molar-refractivity contribution in [3.63, 3.8) is 0 Å². The lowest BCUT2D eigenvalue weighted by molar-refractivity contribution is -0.133. The molecule has 0 radical (unpaired) electrons. The van der Waals surface area contributed by atoms with E-state index in [-0.39, 0.29) is 11.7 Å². The van der Waals surface area contributed by atoms with Gasteiger partial charge >= 0.3 is 5.97 Å². The standard InChI is InChI=1S/C16H18N2O3S2/c1-10(2)16-18-13(8-23-16)15(21)17-12-5-3-4-11(6-12)7-22-9-14(19)20/h3-6,8,10H,7,9H2,1-2H3,(H,17,21)(H,19,20). The van der Waals surface area contributed by atoms with Gasteiger partial charge in [0.05, 0.1) is 10.8 Å². The number of nitrogens with one attached hydrogen (secondary N) is 1. The summed E-state index contributed by atoms with van der Waals surface area (Å²) >= 11 is 2.80. The third kappa shape index (κ3) is 5.37. The number of rotatable bonds is 7. The summed E-state index contributed by atoms with van der Waals surface area (Å²) in [6, 6.07) is 7.40. The van der Waals surface area contributed by atoms with Crippen LogP contribution in [0.5, 0.6) is 0 Å². The van der Waals surface area contributed by atoms with E-state index in [0.29, 0.717) is 23.1 Å². The monoisotopic (exact) mass is 350 g/mol. The first-order valence-corrected chi connectivity index (χ1v) is 9.14. The molecule has 0 aliphatic carbocycles. The van der Waals surface area contributed by atoms with Crippen LogP contribution in [0.25, 0.3) is 0 Å². The van der Waals surface area contributed by atoms with Crippen molar-refractivity contribution >= 4 is 40.7 Å². The van der Waals surface area contributed by atoms with Gasteiger partial charge in [0.2, 0.25) is 0 Å². The molecule has 1 aromatic heterocycles. The molecule has 0 saturated carbocycles. The van der Waals surface area contributed by atoms with E-state index in [1.807, 2.05) is 32.0 Å². The molecule has 0 spiro atoms. The van der Waals surface area contributed by atoms with Crippen molar-refractivity contribution in [2.24, 2.45) is 0 Å². The van der Waals surface area contributed by atoms with Gasteiger partial charge in [0.15, 0.2) is 0 Å². The third-order valence-corrected chi connectivity index (χ3v) is 5.06. The summed E-state index contributed by atoms with van der Waals surface area (Å²) in [5, 5.41) is 14.2. The summed E-state index contributed by atoms with van der Waals surface area (Å²) in [4.78, 5) is 27.1. The van der Waals surface area contributed by atoms with E-state index in [1.54, 1.807) is 11.4 Å². The minimum atomic E-state index is -0.830. The summed E-state index contributed by atoms with van der Waals surface area (Å²) in [5.74, 6) is -0.110. The van der Waals surface area contributed by atoms with Crippen molar-refractivity contribution in [1.29, 1.82) is 0 Å². The predicted octanol–water partition coefficient (Wildman–Crippen LogP) is 3.84. The van der Waals surface area contributed by atoms with E-state index < -0.39 is 5.97 Å². The van der Waals surface area contributed by atoms with Crippen molar-refractivity contribution in [1.82, 2.24) is 4.98 Å². The first-order valence-electron chi connectivity index (χ1n) is 7.11. The van der Waals surface area contributed by atoms with Crippen LogP contribution >= 0.6 is 23.1 Å². The zero-order chi connectivity index (χ0) is 16.8. The minimum absolute atomic E-state index is 0.0629. The first kappa shape index (κ1) is 17.5. The Morgan fingerprint density at radius 3 is 2.83 bits per heavy atom. The molecule has 2 N–H and O–H groups in total. The van der Waals surface area contributed by atoms with Gasteiger partial charge in [-0.3, -0.25) is 9.59 Å². The maximum Gasteiger partial charge on any atom is 0.313 e. The Balaban J connectivity index is 1.98. The molecule has 1 aromatic carbocycles. The predicted molar refractivity (Wildman–Crippen MR) is 94.4 cm³/mol. The minimum Gasteiger partial charge on any atom is -0.481 e. The lowest BCUT2D eigenvalue weighted by Gasteiger charge is -2.06. The van der Waals surface area contributed by atoms with E-state index in [4.69, 9.17) is 5.11 Å². The molecule has 0 bridgehead atoms. The van der Waals surface area contributed by atoms with E-state index in [1.165, 1.54) is 23.1 Å². The van der Waals surface area contributed by atoms with Crippen molar-refractivity contribution in [3.05, 3.63) is 45.9 Å². The Bertz CT molecular complexity index is 698. The van der Waals surface area contributed by atoms with Gasteiger partial charge in [-0.1, -0.05) is 26.0 Å². The highest BCUT2D eigenvalue weighted by molar-refractivity contribution is 7.99. The second kappa shape index (κ2) is 8.12. The van der Waals surface area contributed by atoms with E-state index in [9.17, 15) is 9.59 Å². The van der Waals surface area contributed by atoms with Gasteiger partial charge in [-0.15, -0.1) is 23.1 Å².